The summed E-state index contributed by atoms with van der Waals surface area (Å²) in [6.45, 7) is 3.28. The lowest BCUT2D eigenvalue weighted by Gasteiger charge is -2.26. The van der Waals surface area contributed by atoms with Gasteiger partial charge in [0, 0.05) is 13.1 Å². The number of nitrogens with one attached hydrogen (secondary N) is 1. The maximum atomic E-state index is 10.3. The predicted octanol–water partition coefficient (Wildman–Crippen LogP) is -1.73. The molecule has 0 aromatic carbocycles. The monoisotopic (exact) mass is 216 g/mol. The van der Waals surface area contributed by atoms with Crippen LogP contribution in [-0.2, 0) is 9.53 Å². The van der Waals surface area contributed by atoms with Gasteiger partial charge in [-0.3, -0.25) is 14.7 Å². The third-order valence-electron chi connectivity index (χ3n) is 2.05. The molecule has 15 heavy (non-hydrogen) atoms. The molecule has 4 N–H and O–H groups in total. The third-order valence-corrected chi connectivity index (χ3v) is 2.05. The van der Waals surface area contributed by atoms with Crippen molar-refractivity contribution in [2.24, 2.45) is 10.8 Å². The Kier molecular flexibility index (Phi) is 5.02. The zero-order valence-corrected chi connectivity index (χ0v) is 8.48. The molecule has 0 unspecified atom stereocenters. The van der Waals surface area contributed by atoms with Crippen molar-refractivity contribution in [1.82, 2.24) is 10.3 Å². The summed E-state index contributed by atoms with van der Waals surface area (Å²) in [4.78, 5) is 16.2. The van der Waals surface area contributed by atoms with E-state index < -0.39 is 5.97 Å². The Morgan fingerprint density at radius 1 is 1.53 bits per heavy atom. The number of aliphatic imine (C=N–C) groups is 1. The molecule has 1 aliphatic heterocycles. The van der Waals surface area contributed by atoms with Crippen LogP contribution >= 0.6 is 0 Å². The van der Waals surface area contributed by atoms with Crippen molar-refractivity contribution in [1.29, 1.82) is 0 Å². The number of amidine groups is 1. The van der Waals surface area contributed by atoms with Crippen molar-refractivity contribution < 1.29 is 14.6 Å². The van der Waals surface area contributed by atoms with Gasteiger partial charge in [0.05, 0.1) is 19.8 Å². The molecule has 7 nitrogen and oxygen atoms in total. The van der Waals surface area contributed by atoms with Crippen LogP contribution in [0.15, 0.2) is 4.99 Å². The van der Waals surface area contributed by atoms with E-state index in [1.807, 2.05) is 0 Å². The Bertz CT molecular complexity index is 238. The maximum Gasteiger partial charge on any atom is 0.325 e. The molecule has 1 fully saturated rings. The van der Waals surface area contributed by atoms with Gasteiger partial charge in [-0.2, -0.15) is 0 Å². The maximum absolute atomic E-state index is 10.3. The van der Waals surface area contributed by atoms with Gasteiger partial charge >= 0.3 is 5.97 Å². The highest BCUT2D eigenvalue weighted by Crippen LogP contribution is 1.95. The summed E-state index contributed by atoms with van der Waals surface area (Å²) in [7, 11) is 0. The zero-order chi connectivity index (χ0) is 11.1. The number of rotatable bonds is 4. The van der Waals surface area contributed by atoms with Crippen LogP contribution in [0.1, 0.15) is 0 Å². The molecule has 0 amide bonds. The standard InChI is InChI=1S/C8H16N4O3/c9-11-7(10-5-8(13)14)6-12-1-3-15-4-2-12/h1-6,9H2,(H,10,11)(H,13,14). The normalized spacial score (nSPS) is 18.9. The molecule has 86 valence electrons. The van der Waals surface area contributed by atoms with E-state index in [1.54, 1.807) is 0 Å². The Balaban J connectivity index is 2.37. The van der Waals surface area contributed by atoms with Gasteiger partial charge in [0.1, 0.15) is 12.4 Å². The van der Waals surface area contributed by atoms with Crippen molar-refractivity contribution in [3.8, 4) is 0 Å². The highest BCUT2D eigenvalue weighted by atomic mass is 16.5. The van der Waals surface area contributed by atoms with Gasteiger partial charge in [0.25, 0.3) is 0 Å². The van der Waals surface area contributed by atoms with Crippen molar-refractivity contribution in [2.75, 3.05) is 39.4 Å². The third kappa shape index (κ3) is 4.73. The first-order chi connectivity index (χ1) is 7.22. The number of carboxylic acids is 1. The van der Waals surface area contributed by atoms with E-state index in [9.17, 15) is 4.79 Å². The van der Waals surface area contributed by atoms with E-state index in [-0.39, 0.29) is 6.54 Å². The highest BCUT2D eigenvalue weighted by Gasteiger charge is 2.12. The first-order valence-electron chi connectivity index (χ1n) is 4.74. The number of nitrogens with zero attached hydrogens (tertiary/aromatic N) is 2. The van der Waals surface area contributed by atoms with Gasteiger partial charge in [-0.15, -0.1) is 0 Å². The highest BCUT2D eigenvalue weighted by molar-refractivity contribution is 5.85. The molecule has 0 bridgehead atoms. The van der Waals surface area contributed by atoms with Crippen LogP contribution in [0.3, 0.4) is 0 Å². The van der Waals surface area contributed by atoms with Crippen LogP contribution in [0.5, 0.6) is 0 Å². The van der Waals surface area contributed by atoms with E-state index >= 15 is 0 Å². The number of hydrazine groups is 1. The van der Waals surface area contributed by atoms with Crippen molar-refractivity contribution in [2.45, 2.75) is 0 Å². The molecule has 0 aromatic rings. The summed E-state index contributed by atoms with van der Waals surface area (Å²) in [5.74, 6) is 4.76. The Hall–Kier alpha value is -1.18. The van der Waals surface area contributed by atoms with Gasteiger partial charge in [0.2, 0.25) is 0 Å². The number of carboxylic acid groups (broad SMARTS) is 1. The summed E-state index contributed by atoms with van der Waals surface area (Å²) in [6.07, 6.45) is 0. The molecule has 0 atom stereocenters. The molecule has 1 aliphatic rings. The molecule has 0 aromatic heterocycles. The fraction of sp³-hybridized carbons (Fsp3) is 0.750. The summed E-state index contributed by atoms with van der Waals surface area (Å²) >= 11 is 0. The fourth-order valence-electron chi connectivity index (χ4n) is 1.28. The number of ether oxygens (including phenoxy) is 1. The molecule has 1 saturated heterocycles. The molecule has 0 saturated carbocycles. The number of aliphatic carboxylic acids is 1. The molecule has 1 heterocycles. The number of hydrogen-bond acceptors (Lipinski definition) is 5. The summed E-state index contributed by atoms with van der Waals surface area (Å²) in [5.41, 5.74) is 2.41. The minimum Gasteiger partial charge on any atom is -0.480 e. The molecule has 7 heteroatoms. The molecule has 1 rings (SSSR count). The molecular formula is C8H16N4O3. The van der Waals surface area contributed by atoms with E-state index in [0.717, 1.165) is 13.1 Å². The summed E-state index contributed by atoms with van der Waals surface area (Å²) < 4.78 is 5.19. The van der Waals surface area contributed by atoms with Crippen LogP contribution in [0.4, 0.5) is 0 Å². The predicted molar refractivity (Wildman–Crippen MR) is 54.5 cm³/mol. The second kappa shape index (κ2) is 6.33. The van der Waals surface area contributed by atoms with Crippen molar-refractivity contribution in [3.63, 3.8) is 0 Å². The Morgan fingerprint density at radius 2 is 2.20 bits per heavy atom. The second-order valence-electron chi connectivity index (χ2n) is 3.19. The van der Waals surface area contributed by atoms with Gasteiger partial charge in [-0.25, -0.2) is 5.84 Å². The van der Waals surface area contributed by atoms with E-state index in [4.69, 9.17) is 15.7 Å². The lowest BCUT2D eigenvalue weighted by Crippen LogP contribution is -2.45. The first-order valence-corrected chi connectivity index (χ1v) is 4.74. The van der Waals surface area contributed by atoms with E-state index in [2.05, 4.69) is 15.3 Å². The minimum absolute atomic E-state index is 0.260. The van der Waals surface area contributed by atoms with Crippen LogP contribution in [0, 0.1) is 0 Å². The zero-order valence-electron chi connectivity index (χ0n) is 8.48. The van der Waals surface area contributed by atoms with Crippen molar-refractivity contribution in [3.05, 3.63) is 0 Å². The van der Waals surface area contributed by atoms with E-state index in [0.29, 0.717) is 25.6 Å². The topological polar surface area (TPSA) is 100 Å². The number of morpholine rings is 1. The van der Waals surface area contributed by atoms with E-state index in [1.165, 1.54) is 0 Å². The number of nitrogens with two attached hydrogens (primary N) is 1. The van der Waals surface area contributed by atoms with Gasteiger partial charge in [-0.1, -0.05) is 0 Å². The lowest BCUT2D eigenvalue weighted by atomic mass is 10.4. The average molecular weight is 216 g/mol. The molecular weight excluding hydrogens is 200 g/mol. The Labute approximate surface area is 87.9 Å². The number of hydrogen-bond donors (Lipinski definition) is 3. The average Bonchev–Trinajstić information content (AvgIpc) is 2.25. The molecule has 0 radical (unpaired) electrons. The van der Waals surface area contributed by atoms with Gasteiger partial charge in [0.15, 0.2) is 0 Å². The van der Waals surface area contributed by atoms with Crippen LogP contribution in [-0.4, -0.2) is 61.2 Å². The number of carbonyl (C=O) groups is 1. The quantitative estimate of drug-likeness (QED) is 0.223. The van der Waals surface area contributed by atoms with Crippen LogP contribution < -0.4 is 11.3 Å². The lowest BCUT2D eigenvalue weighted by molar-refractivity contribution is -0.135. The largest absolute Gasteiger partial charge is 0.480 e. The molecule has 0 aliphatic carbocycles. The van der Waals surface area contributed by atoms with Crippen LogP contribution in [0.25, 0.3) is 0 Å². The first kappa shape index (κ1) is 11.9. The summed E-state index contributed by atoms with van der Waals surface area (Å²) in [5, 5.41) is 8.45. The SMILES string of the molecule is NNC(CN1CCOCC1)=NCC(=O)O. The summed E-state index contributed by atoms with van der Waals surface area (Å²) in [6, 6.07) is 0. The van der Waals surface area contributed by atoms with Gasteiger partial charge < -0.3 is 15.3 Å². The van der Waals surface area contributed by atoms with Crippen LogP contribution in [0.2, 0.25) is 0 Å². The Morgan fingerprint density at radius 3 is 2.73 bits per heavy atom. The second-order valence-corrected chi connectivity index (χ2v) is 3.19. The minimum atomic E-state index is -0.968. The van der Waals surface area contributed by atoms with Crippen molar-refractivity contribution >= 4 is 11.8 Å². The fourth-order valence-corrected chi connectivity index (χ4v) is 1.28. The molecule has 0 spiro atoms. The van der Waals surface area contributed by atoms with Gasteiger partial charge in [-0.05, 0) is 0 Å². The smallest absolute Gasteiger partial charge is 0.325 e.